The van der Waals surface area contributed by atoms with E-state index >= 15 is 0 Å². The van der Waals surface area contributed by atoms with Gasteiger partial charge in [0, 0.05) is 11.6 Å². The van der Waals surface area contributed by atoms with Crippen LogP contribution in [0.1, 0.15) is 17.4 Å². The monoisotopic (exact) mass is 308 g/mol. The van der Waals surface area contributed by atoms with E-state index in [2.05, 4.69) is 10.6 Å². The molecular formula is C15H17ClN2O3. The summed E-state index contributed by atoms with van der Waals surface area (Å²) in [4.78, 5) is 11.6. The summed E-state index contributed by atoms with van der Waals surface area (Å²) in [6.45, 7) is 0.583. The summed E-state index contributed by atoms with van der Waals surface area (Å²) in [7, 11) is 0. The number of carbonyl (C=O) groups is 1. The molecule has 1 aromatic carbocycles. The number of aliphatic hydroxyl groups is 1. The number of hydrogen-bond acceptors (Lipinski definition) is 3. The van der Waals surface area contributed by atoms with Crippen LogP contribution in [-0.4, -0.2) is 24.2 Å². The Morgan fingerprint density at radius 2 is 2.14 bits per heavy atom. The van der Waals surface area contributed by atoms with Gasteiger partial charge in [0.2, 0.25) is 0 Å². The first-order valence-corrected chi connectivity index (χ1v) is 7.00. The van der Waals surface area contributed by atoms with Crippen molar-refractivity contribution in [1.29, 1.82) is 0 Å². The van der Waals surface area contributed by atoms with Crippen LogP contribution in [0.2, 0.25) is 5.02 Å². The molecule has 0 aliphatic rings. The van der Waals surface area contributed by atoms with Crippen LogP contribution in [0.5, 0.6) is 0 Å². The molecule has 0 spiro atoms. The molecule has 1 atom stereocenters. The number of rotatable bonds is 6. The summed E-state index contributed by atoms with van der Waals surface area (Å²) in [6, 6.07) is 10.5. The van der Waals surface area contributed by atoms with Crippen molar-refractivity contribution in [3.63, 3.8) is 0 Å². The van der Waals surface area contributed by atoms with E-state index in [0.29, 0.717) is 23.7 Å². The number of hydrogen-bond donors (Lipinski definition) is 3. The lowest BCUT2D eigenvalue weighted by Crippen LogP contribution is -2.38. The number of amides is 2. The molecule has 3 N–H and O–H groups in total. The Balaban J connectivity index is 1.66. The fraction of sp³-hybridized carbons (Fsp3) is 0.267. The molecule has 0 saturated heterocycles. The number of furan rings is 1. The van der Waals surface area contributed by atoms with E-state index in [1.807, 2.05) is 18.2 Å². The highest BCUT2D eigenvalue weighted by molar-refractivity contribution is 6.30. The number of halogens is 1. The van der Waals surface area contributed by atoms with E-state index in [1.165, 1.54) is 6.26 Å². The summed E-state index contributed by atoms with van der Waals surface area (Å²) in [5.74, 6) is 0.425. The molecule has 0 fully saturated rings. The molecule has 0 aliphatic carbocycles. The second-order valence-electron chi connectivity index (χ2n) is 4.55. The van der Waals surface area contributed by atoms with Gasteiger partial charge in [-0.05, 0) is 36.2 Å². The van der Waals surface area contributed by atoms with Gasteiger partial charge in [-0.3, -0.25) is 0 Å². The Bertz CT molecular complexity index is 572. The number of benzene rings is 1. The summed E-state index contributed by atoms with van der Waals surface area (Å²) in [5.41, 5.74) is 1.05. The van der Waals surface area contributed by atoms with E-state index in [0.717, 1.165) is 5.56 Å². The first kappa shape index (κ1) is 15.4. The predicted octanol–water partition coefficient (Wildman–Crippen LogP) is 2.51. The van der Waals surface area contributed by atoms with Crippen LogP contribution in [-0.2, 0) is 6.42 Å². The molecule has 5 nitrogen and oxygen atoms in total. The van der Waals surface area contributed by atoms with E-state index in [9.17, 15) is 9.90 Å². The van der Waals surface area contributed by atoms with Crippen LogP contribution in [0.3, 0.4) is 0 Å². The first-order valence-electron chi connectivity index (χ1n) is 6.63. The minimum atomic E-state index is -0.848. The maximum atomic E-state index is 11.6. The van der Waals surface area contributed by atoms with Crippen molar-refractivity contribution < 1.29 is 14.3 Å². The van der Waals surface area contributed by atoms with Crippen LogP contribution in [0.25, 0.3) is 0 Å². The Labute approximate surface area is 127 Å². The molecule has 6 heteroatoms. The molecule has 21 heavy (non-hydrogen) atoms. The Morgan fingerprint density at radius 3 is 2.86 bits per heavy atom. The Morgan fingerprint density at radius 1 is 1.29 bits per heavy atom. The third-order valence-corrected chi connectivity index (χ3v) is 3.15. The van der Waals surface area contributed by atoms with Crippen LogP contribution >= 0.6 is 11.6 Å². The van der Waals surface area contributed by atoms with Gasteiger partial charge in [-0.15, -0.1) is 0 Å². The van der Waals surface area contributed by atoms with Crippen LogP contribution in [0.4, 0.5) is 4.79 Å². The smallest absolute Gasteiger partial charge is 0.314 e. The summed E-state index contributed by atoms with van der Waals surface area (Å²) < 4.78 is 5.04. The quantitative estimate of drug-likeness (QED) is 0.767. The molecule has 2 rings (SSSR count). The number of nitrogens with one attached hydrogen (secondary N) is 2. The van der Waals surface area contributed by atoms with Gasteiger partial charge in [-0.25, -0.2) is 4.79 Å². The van der Waals surface area contributed by atoms with Crippen molar-refractivity contribution >= 4 is 17.6 Å². The molecular weight excluding hydrogens is 292 g/mol. The normalized spacial score (nSPS) is 11.9. The van der Waals surface area contributed by atoms with Crippen molar-refractivity contribution in [2.45, 2.75) is 12.5 Å². The van der Waals surface area contributed by atoms with Gasteiger partial charge in [-0.1, -0.05) is 23.7 Å². The van der Waals surface area contributed by atoms with Crippen molar-refractivity contribution in [2.24, 2.45) is 0 Å². The largest absolute Gasteiger partial charge is 0.467 e. The second kappa shape index (κ2) is 7.71. The minimum absolute atomic E-state index is 0.0938. The molecule has 1 heterocycles. The van der Waals surface area contributed by atoms with E-state index in [-0.39, 0.29) is 12.6 Å². The number of carbonyl (C=O) groups excluding carboxylic acids is 1. The molecule has 2 amide bonds. The highest BCUT2D eigenvalue weighted by atomic mass is 35.5. The van der Waals surface area contributed by atoms with Crippen LogP contribution in [0.15, 0.2) is 47.1 Å². The SMILES string of the molecule is O=C(NCCc1cccc(Cl)c1)NCC(O)c1ccco1. The van der Waals surface area contributed by atoms with E-state index in [1.54, 1.807) is 18.2 Å². The fourth-order valence-electron chi connectivity index (χ4n) is 1.85. The molecule has 112 valence electrons. The van der Waals surface area contributed by atoms with Crippen molar-refractivity contribution in [1.82, 2.24) is 10.6 Å². The first-order chi connectivity index (χ1) is 10.1. The lowest BCUT2D eigenvalue weighted by atomic mass is 10.1. The predicted molar refractivity (Wildman–Crippen MR) is 80.2 cm³/mol. The molecule has 0 aliphatic heterocycles. The second-order valence-corrected chi connectivity index (χ2v) is 4.98. The summed E-state index contributed by atoms with van der Waals surface area (Å²) in [5, 5.41) is 15.7. The van der Waals surface area contributed by atoms with Gasteiger partial charge in [0.05, 0.1) is 12.8 Å². The van der Waals surface area contributed by atoms with Gasteiger partial charge in [-0.2, -0.15) is 0 Å². The van der Waals surface area contributed by atoms with Gasteiger partial charge >= 0.3 is 6.03 Å². The van der Waals surface area contributed by atoms with Crippen molar-refractivity contribution in [3.8, 4) is 0 Å². The third kappa shape index (κ3) is 5.13. The fourth-order valence-corrected chi connectivity index (χ4v) is 2.06. The number of urea groups is 1. The lowest BCUT2D eigenvalue weighted by Gasteiger charge is -2.10. The maximum absolute atomic E-state index is 11.6. The van der Waals surface area contributed by atoms with Crippen LogP contribution in [0, 0.1) is 0 Å². The Hall–Kier alpha value is -1.98. The molecule has 0 saturated carbocycles. The topological polar surface area (TPSA) is 74.5 Å². The molecule has 0 radical (unpaired) electrons. The van der Waals surface area contributed by atoms with Crippen LogP contribution < -0.4 is 10.6 Å². The summed E-state index contributed by atoms with van der Waals surface area (Å²) in [6.07, 6.45) is 1.32. The van der Waals surface area contributed by atoms with Crippen molar-refractivity contribution in [3.05, 3.63) is 59.0 Å². The zero-order chi connectivity index (χ0) is 15.1. The maximum Gasteiger partial charge on any atom is 0.314 e. The molecule has 0 bridgehead atoms. The van der Waals surface area contributed by atoms with E-state index < -0.39 is 6.10 Å². The zero-order valence-corrected chi connectivity index (χ0v) is 12.1. The minimum Gasteiger partial charge on any atom is -0.467 e. The van der Waals surface area contributed by atoms with Gasteiger partial charge in [0.15, 0.2) is 0 Å². The molecule has 2 aromatic rings. The summed E-state index contributed by atoms with van der Waals surface area (Å²) >= 11 is 5.88. The standard InChI is InChI=1S/C15H17ClN2O3/c16-12-4-1-3-11(9-12)6-7-17-15(20)18-10-13(19)14-5-2-8-21-14/h1-5,8-9,13,19H,6-7,10H2,(H2,17,18,20). The van der Waals surface area contributed by atoms with Crippen molar-refractivity contribution in [2.75, 3.05) is 13.1 Å². The average Bonchev–Trinajstić information content (AvgIpc) is 2.99. The average molecular weight is 309 g/mol. The zero-order valence-electron chi connectivity index (χ0n) is 11.4. The third-order valence-electron chi connectivity index (χ3n) is 2.92. The highest BCUT2D eigenvalue weighted by Crippen LogP contribution is 2.12. The lowest BCUT2D eigenvalue weighted by molar-refractivity contribution is 0.148. The molecule has 1 aromatic heterocycles. The number of aliphatic hydroxyl groups excluding tert-OH is 1. The van der Waals surface area contributed by atoms with Gasteiger partial charge < -0.3 is 20.2 Å². The molecule has 1 unspecified atom stereocenters. The van der Waals surface area contributed by atoms with Gasteiger partial charge in [0.1, 0.15) is 11.9 Å². The van der Waals surface area contributed by atoms with E-state index in [4.69, 9.17) is 16.0 Å². The van der Waals surface area contributed by atoms with Gasteiger partial charge in [0.25, 0.3) is 0 Å². The highest BCUT2D eigenvalue weighted by Gasteiger charge is 2.11. The Kier molecular flexibility index (Phi) is 5.66.